The van der Waals surface area contributed by atoms with Crippen molar-refractivity contribution in [2.75, 3.05) is 6.54 Å². The Morgan fingerprint density at radius 3 is 2.48 bits per heavy atom. The summed E-state index contributed by atoms with van der Waals surface area (Å²) in [5.74, 6) is -1.62. The summed E-state index contributed by atoms with van der Waals surface area (Å²) in [4.78, 5) is 24.3. The molecule has 1 heterocycles. The van der Waals surface area contributed by atoms with Crippen molar-refractivity contribution in [3.63, 3.8) is 0 Å². The second-order valence-electron chi connectivity index (χ2n) is 4.47. The minimum Gasteiger partial charge on any atom is -0.481 e. The number of carboxylic acids is 1. The third kappa shape index (κ3) is 4.17. The molecule has 1 amide bonds. The molecule has 2 rings (SSSR count). The Balaban J connectivity index is 2.13. The van der Waals surface area contributed by atoms with Crippen LogP contribution < -0.4 is 0 Å². The van der Waals surface area contributed by atoms with Gasteiger partial charge in [0.15, 0.2) is 5.76 Å². The topological polar surface area (TPSA) is 70.8 Å². The first kappa shape index (κ1) is 14.8. The molecule has 0 aliphatic carbocycles. The van der Waals surface area contributed by atoms with Gasteiger partial charge in [-0.1, -0.05) is 12.1 Å². The molecule has 1 aromatic carbocycles. The Hall–Kier alpha value is -2.63. The first-order chi connectivity index (χ1) is 10.1. The number of aliphatic carboxylic acids is 1. The highest BCUT2D eigenvalue weighted by Crippen LogP contribution is 2.12. The minimum atomic E-state index is -0.994. The van der Waals surface area contributed by atoms with Gasteiger partial charge in [-0.3, -0.25) is 9.59 Å². The highest BCUT2D eigenvalue weighted by atomic mass is 19.1. The van der Waals surface area contributed by atoms with Crippen molar-refractivity contribution in [1.29, 1.82) is 0 Å². The van der Waals surface area contributed by atoms with Crippen molar-refractivity contribution in [1.82, 2.24) is 4.90 Å². The molecule has 0 unspecified atom stereocenters. The molecule has 0 radical (unpaired) electrons. The Labute approximate surface area is 120 Å². The number of amides is 1. The zero-order valence-corrected chi connectivity index (χ0v) is 11.2. The van der Waals surface area contributed by atoms with E-state index in [0.29, 0.717) is 5.56 Å². The summed E-state index contributed by atoms with van der Waals surface area (Å²) < 4.78 is 17.9. The number of carboxylic acid groups (broad SMARTS) is 1. The number of carbonyl (C=O) groups excluding carboxylic acids is 1. The van der Waals surface area contributed by atoms with Gasteiger partial charge in [-0.15, -0.1) is 0 Å². The lowest BCUT2D eigenvalue weighted by Gasteiger charge is -2.21. The number of carbonyl (C=O) groups is 2. The largest absolute Gasteiger partial charge is 0.481 e. The maximum atomic E-state index is 12.9. The number of rotatable bonds is 6. The highest BCUT2D eigenvalue weighted by molar-refractivity contribution is 5.91. The highest BCUT2D eigenvalue weighted by Gasteiger charge is 2.19. The van der Waals surface area contributed by atoms with E-state index in [1.54, 1.807) is 18.2 Å². The fourth-order valence-electron chi connectivity index (χ4n) is 1.85. The molecule has 0 spiro atoms. The molecule has 0 aliphatic rings. The number of halogens is 1. The molecule has 21 heavy (non-hydrogen) atoms. The zero-order chi connectivity index (χ0) is 15.2. The average molecular weight is 291 g/mol. The monoisotopic (exact) mass is 291 g/mol. The zero-order valence-electron chi connectivity index (χ0n) is 11.2. The molecule has 110 valence electrons. The summed E-state index contributed by atoms with van der Waals surface area (Å²) in [7, 11) is 0. The molecule has 0 atom stereocenters. The molecule has 0 fully saturated rings. The predicted molar refractivity (Wildman–Crippen MR) is 72.1 cm³/mol. The van der Waals surface area contributed by atoms with Crippen LogP contribution in [0.1, 0.15) is 22.5 Å². The Morgan fingerprint density at radius 2 is 1.90 bits per heavy atom. The SMILES string of the molecule is O=C(O)CCN(Cc1ccc(F)cc1)C(=O)c1ccco1. The first-order valence-corrected chi connectivity index (χ1v) is 6.35. The van der Waals surface area contributed by atoms with Crippen LogP contribution in [0.5, 0.6) is 0 Å². The quantitative estimate of drug-likeness (QED) is 0.887. The van der Waals surface area contributed by atoms with Crippen molar-refractivity contribution in [3.05, 3.63) is 59.8 Å². The maximum absolute atomic E-state index is 12.9. The number of hydrogen-bond acceptors (Lipinski definition) is 3. The number of furan rings is 1. The summed E-state index contributed by atoms with van der Waals surface area (Å²) in [5, 5.41) is 8.77. The average Bonchev–Trinajstić information content (AvgIpc) is 2.98. The summed E-state index contributed by atoms with van der Waals surface area (Å²) in [6.45, 7) is 0.235. The molecule has 0 bridgehead atoms. The van der Waals surface area contributed by atoms with Crippen molar-refractivity contribution < 1.29 is 23.5 Å². The van der Waals surface area contributed by atoms with E-state index >= 15 is 0 Å². The molecule has 1 N–H and O–H groups in total. The van der Waals surface area contributed by atoms with E-state index in [-0.39, 0.29) is 31.1 Å². The summed E-state index contributed by atoms with van der Waals surface area (Å²) in [5.41, 5.74) is 0.710. The fraction of sp³-hybridized carbons (Fsp3) is 0.200. The van der Waals surface area contributed by atoms with Gasteiger partial charge in [-0.05, 0) is 29.8 Å². The lowest BCUT2D eigenvalue weighted by atomic mass is 10.2. The van der Waals surface area contributed by atoms with Gasteiger partial charge < -0.3 is 14.4 Å². The molecular formula is C15H14FNO4. The van der Waals surface area contributed by atoms with E-state index in [9.17, 15) is 14.0 Å². The van der Waals surface area contributed by atoms with Crippen LogP contribution in [-0.4, -0.2) is 28.4 Å². The van der Waals surface area contributed by atoms with Gasteiger partial charge in [0.05, 0.1) is 12.7 Å². The fourth-order valence-corrected chi connectivity index (χ4v) is 1.85. The standard InChI is InChI=1S/C15H14FNO4/c16-12-5-3-11(4-6-12)10-17(8-7-14(18)19)15(20)13-2-1-9-21-13/h1-6,9H,7-8,10H2,(H,18,19). The van der Waals surface area contributed by atoms with Crippen LogP contribution in [0.25, 0.3) is 0 Å². The van der Waals surface area contributed by atoms with E-state index < -0.39 is 11.9 Å². The van der Waals surface area contributed by atoms with Gasteiger partial charge in [0.1, 0.15) is 5.82 Å². The molecular weight excluding hydrogens is 277 g/mol. The van der Waals surface area contributed by atoms with Crippen LogP contribution in [0.3, 0.4) is 0 Å². The first-order valence-electron chi connectivity index (χ1n) is 6.35. The normalized spacial score (nSPS) is 10.3. The smallest absolute Gasteiger partial charge is 0.305 e. The van der Waals surface area contributed by atoms with E-state index in [0.717, 1.165) is 0 Å². The van der Waals surface area contributed by atoms with E-state index in [2.05, 4.69) is 0 Å². The van der Waals surface area contributed by atoms with Crippen LogP contribution in [-0.2, 0) is 11.3 Å². The van der Waals surface area contributed by atoms with Crippen LogP contribution >= 0.6 is 0 Å². The summed E-state index contributed by atoms with van der Waals surface area (Å²) in [6, 6.07) is 8.79. The molecule has 1 aromatic heterocycles. The molecule has 0 saturated heterocycles. The van der Waals surface area contributed by atoms with Crippen molar-refractivity contribution in [2.24, 2.45) is 0 Å². The van der Waals surface area contributed by atoms with Crippen LogP contribution in [0.15, 0.2) is 47.1 Å². The van der Waals surface area contributed by atoms with E-state index in [1.807, 2.05) is 0 Å². The van der Waals surface area contributed by atoms with Crippen molar-refractivity contribution in [2.45, 2.75) is 13.0 Å². The minimum absolute atomic E-state index is 0.0479. The molecule has 0 saturated carbocycles. The number of hydrogen-bond donors (Lipinski definition) is 1. The molecule has 5 nitrogen and oxygen atoms in total. The second kappa shape index (κ2) is 6.69. The predicted octanol–water partition coefficient (Wildman–Crippen LogP) is 2.54. The second-order valence-corrected chi connectivity index (χ2v) is 4.47. The van der Waals surface area contributed by atoms with E-state index in [4.69, 9.17) is 9.52 Å². The Kier molecular flexibility index (Phi) is 4.71. The summed E-state index contributed by atoms with van der Waals surface area (Å²) >= 11 is 0. The van der Waals surface area contributed by atoms with Gasteiger partial charge in [-0.25, -0.2) is 4.39 Å². The van der Waals surface area contributed by atoms with Gasteiger partial charge >= 0.3 is 5.97 Å². The van der Waals surface area contributed by atoms with Crippen molar-refractivity contribution in [3.8, 4) is 0 Å². The Bertz CT molecular complexity index is 607. The Morgan fingerprint density at radius 1 is 1.19 bits per heavy atom. The van der Waals surface area contributed by atoms with Gasteiger partial charge in [-0.2, -0.15) is 0 Å². The third-order valence-electron chi connectivity index (χ3n) is 2.90. The van der Waals surface area contributed by atoms with Crippen LogP contribution in [0.4, 0.5) is 4.39 Å². The van der Waals surface area contributed by atoms with Crippen molar-refractivity contribution >= 4 is 11.9 Å². The maximum Gasteiger partial charge on any atom is 0.305 e. The lowest BCUT2D eigenvalue weighted by Crippen LogP contribution is -2.32. The van der Waals surface area contributed by atoms with E-state index in [1.165, 1.54) is 29.4 Å². The molecule has 6 heteroatoms. The molecule has 0 aliphatic heterocycles. The van der Waals surface area contributed by atoms with Gasteiger partial charge in [0.25, 0.3) is 5.91 Å². The van der Waals surface area contributed by atoms with Crippen LogP contribution in [0.2, 0.25) is 0 Å². The molecule has 2 aromatic rings. The third-order valence-corrected chi connectivity index (χ3v) is 2.90. The van der Waals surface area contributed by atoms with Crippen LogP contribution in [0, 0.1) is 5.82 Å². The van der Waals surface area contributed by atoms with Gasteiger partial charge in [0, 0.05) is 13.1 Å². The van der Waals surface area contributed by atoms with Gasteiger partial charge in [0.2, 0.25) is 0 Å². The number of benzene rings is 1. The number of nitrogens with zero attached hydrogens (tertiary/aromatic N) is 1. The summed E-state index contributed by atoms with van der Waals surface area (Å²) in [6.07, 6.45) is 1.20. The lowest BCUT2D eigenvalue weighted by molar-refractivity contribution is -0.137.